The summed E-state index contributed by atoms with van der Waals surface area (Å²) in [5.74, 6) is -0.658. The molecule has 3 aliphatic heterocycles. The summed E-state index contributed by atoms with van der Waals surface area (Å²) in [6.07, 6.45) is 1.40. The quantitative estimate of drug-likeness (QED) is 0.719. The van der Waals surface area contributed by atoms with E-state index in [0.717, 1.165) is 24.2 Å². The van der Waals surface area contributed by atoms with Crippen molar-refractivity contribution >= 4 is 23.4 Å². The molecule has 3 aliphatic rings. The van der Waals surface area contributed by atoms with Gasteiger partial charge in [-0.3, -0.25) is 24.6 Å². The molecular weight excluding hydrogens is 282 g/mol. The average Bonchev–Trinajstić information content (AvgIpc) is 3.08. The van der Waals surface area contributed by atoms with E-state index in [-0.39, 0.29) is 24.1 Å². The summed E-state index contributed by atoms with van der Waals surface area (Å²) in [5.41, 5.74) is 1.25. The number of hydrogen-bond donors (Lipinski definition) is 2. The SMILES string of the molecule is O=C1CCC(N2C(=O)C3(CCNC3)c3ccccc32)C(=O)N1. The minimum atomic E-state index is -0.591. The third kappa shape index (κ3) is 1.67. The van der Waals surface area contributed by atoms with Gasteiger partial charge in [-0.1, -0.05) is 18.2 Å². The normalized spacial score (nSPS) is 30.8. The van der Waals surface area contributed by atoms with Gasteiger partial charge in [0.15, 0.2) is 0 Å². The lowest BCUT2D eigenvalue weighted by Crippen LogP contribution is -2.56. The number of anilines is 1. The van der Waals surface area contributed by atoms with Crippen molar-refractivity contribution in [1.82, 2.24) is 10.6 Å². The fourth-order valence-corrected chi connectivity index (χ4v) is 3.89. The van der Waals surface area contributed by atoms with E-state index >= 15 is 0 Å². The molecule has 2 fully saturated rings. The molecule has 2 unspecified atom stereocenters. The van der Waals surface area contributed by atoms with Gasteiger partial charge in [0.25, 0.3) is 0 Å². The summed E-state index contributed by atoms with van der Waals surface area (Å²) in [4.78, 5) is 38.3. The van der Waals surface area contributed by atoms with Crippen LogP contribution in [0.3, 0.4) is 0 Å². The van der Waals surface area contributed by atoms with Gasteiger partial charge in [0, 0.05) is 18.7 Å². The molecular formula is C16H17N3O3. The molecule has 2 saturated heterocycles. The van der Waals surface area contributed by atoms with E-state index in [0.29, 0.717) is 13.0 Å². The Labute approximate surface area is 127 Å². The number of benzene rings is 1. The van der Waals surface area contributed by atoms with Crippen LogP contribution in [0.15, 0.2) is 24.3 Å². The molecule has 2 atom stereocenters. The van der Waals surface area contributed by atoms with Gasteiger partial charge in [0.05, 0.1) is 5.41 Å². The average molecular weight is 299 g/mol. The first-order valence-corrected chi connectivity index (χ1v) is 7.61. The van der Waals surface area contributed by atoms with Crippen LogP contribution < -0.4 is 15.5 Å². The van der Waals surface area contributed by atoms with Crippen molar-refractivity contribution in [2.75, 3.05) is 18.0 Å². The van der Waals surface area contributed by atoms with Crippen LogP contribution in [-0.2, 0) is 19.8 Å². The Morgan fingerprint density at radius 2 is 2.00 bits per heavy atom. The summed E-state index contributed by atoms with van der Waals surface area (Å²) in [6.45, 7) is 1.40. The Balaban J connectivity index is 1.79. The van der Waals surface area contributed by atoms with Crippen molar-refractivity contribution in [2.24, 2.45) is 0 Å². The van der Waals surface area contributed by atoms with E-state index in [4.69, 9.17) is 0 Å². The van der Waals surface area contributed by atoms with Crippen LogP contribution in [0.5, 0.6) is 0 Å². The molecule has 114 valence electrons. The summed E-state index contributed by atoms with van der Waals surface area (Å²) in [6, 6.07) is 7.09. The van der Waals surface area contributed by atoms with Crippen LogP contribution >= 0.6 is 0 Å². The van der Waals surface area contributed by atoms with Gasteiger partial charge in [0.1, 0.15) is 6.04 Å². The van der Waals surface area contributed by atoms with E-state index in [2.05, 4.69) is 10.6 Å². The first-order valence-electron chi connectivity index (χ1n) is 7.61. The Morgan fingerprint density at radius 3 is 2.73 bits per heavy atom. The number of piperidine rings is 1. The fourth-order valence-electron chi connectivity index (χ4n) is 3.89. The molecule has 0 aromatic heterocycles. The van der Waals surface area contributed by atoms with Crippen LogP contribution in [0.25, 0.3) is 0 Å². The number of nitrogens with zero attached hydrogens (tertiary/aromatic N) is 1. The van der Waals surface area contributed by atoms with E-state index in [1.54, 1.807) is 4.90 Å². The second kappa shape index (κ2) is 4.64. The van der Waals surface area contributed by atoms with Gasteiger partial charge in [0.2, 0.25) is 17.7 Å². The first-order chi connectivity index (χ1) is 10.6. The van der Waals surface area contributed by atoms with Gasteiger partial charge in [-0.25, -0.2) is 0 Å². The largest absolute Gasteiger partial charge is 0.315 e. The third-order valence-corrected chi connectivity index (χ3v) is 4.98. The minimum absolute atomic E-state index is 0.0202. The van der Waals surface area contributed by atoms with Gasteiger partial charge >= 0.3 is 0 Å². The van der Waals surface area contributed by atoms with E-state index < -0.39 is 11.5 Å². The zero-order valence-corrected chi connectivity index (χ0v) is 12.1. The predicted octanol–water partition coefficient (Wildman–Crippen LogP) is 0.0695. The molecule has 6 heteroatoms. The summed E-state index contributed by atoms with van der Waals surface area (Å²) in [7, 11) is 0. The Hall–Kier alpha value is -2.21. The van der Waals surface area contributed by atoms with Gasteiger partial charge in [-0.15, -0.1) is 0 Å². The first kappa shape index (κ1) is 13.5. The van der Waals surface area contributed by atoms with Crippen LogP contribution in [-0.4, -0.2) is 36.9 Å². The predicted molar refractivity (Wildman–Crippen MR) is 79.3 cm³/mol. The topological polar surface area (TPSA) is 78.5 Å². The van der Waals surface area contributed by atoms with Crippen molar-refractivity contribution in [3.63, 3.8) is 0 Å². The fraction of sp³-hybridized carbons (Fsp3) is 0.438. The molecule has 3 heterocycles. The molecule has 4 rings (SSSR count). The highest BCUT2D eigenvalue weighted by molar-refractivity contribution is 6.14. The molecule has 0 aliphatic carbocycles. The van der Waals surface area contributed by atoms with Gasteiger partial charge in [-0.05, 0) is 31.0 Å². The third-order valence-electron chi connectivity index (χ3n) is 4.98. The van der Waals surface area contributed by atoms with Crippen molar-refractivity contribution < 1.29 is 14.4 Å². The number of fused-ring (bicyclic) bond motifs is 2. The standard InChI is InChI=1S/C16H17N3O3/c20-13-6-5-12(14(21)18-13)19-11-4-2-1-3-10(11)16(15(19)22)7-8-17-9-16/h1-4,12,17H,5-9H2,(H,18,20,21). The van der Waals surface area contributed by atoms with Crippen LogP contribution in [0.4, 0.5) is 5.69 Å². The molecule has 6 nitrogen and oxygen atoms in total. The lowest BCUT2D eigenvalue weighted by Gasteiger charge is -2.31. The number of amides is 3. The highest BCUT2D eigenvalue weighted by Gasteiger charge is 2.55. The molecule has 1 aromatic carbocycles. The van der Waals surface area contributed by atoms with Crippen molar-refractivity contribution in [3.8, 4) is 0 Å². The lowest BCUT2D eigenvalue weighted by atomic mass is 9.81. The Kier molecular flexibility index (Phi) is 2.84. The molecule has 1 aromatic rings. The van der Waals surface area contributed by atoms with Gasteiger partial charge < -0.3 is 5.32 Å². The number of carbonyl (C=O) groups excluding carboxylic acids is 3. The van der Waals surface area contributed by atoms with Crippen LogP contribution in [0.1, 0.15) is 24.8 Å². The van der Waals surface area contributed by atoms with E-state index in [9.17, 15) is 14.4 Å². The maximum absolute atomic E-state index is 13.1. The molecule has 1 spiro atoms. The van der Waals surface area contributed by atoms with Crippen molar-refractivity contribution in [3.05, 3.63) is 29.8 Å². The van der Waals surface area contributed by atoms with E-state index in [1.807, 2.05) is 24.3 Å². The Bertz CT molecular complexity index is 679. The Morgan fingerprint density at radius 1 is 1.18 bits per heavy atom. The lowest BCUT2D eigenvalue weighted by molar-refractivity contribution is -0.136. The zero-order chi connectivity index (χ0) is 15.3. The second-order valence-corrected chi connectivity index (χ2v) is 6.17. The molecule has 22 heavy (non-hydrogen) atoms. The molecule has 2 N–H and O–H groups in total. The van der Waals surface area contributed by atoms with Crippen molar-refractivity contribution in [2.45, 2.75) is 30.7 Å². The van der Waals surface area contributed by atoms with Crippen LogP contribution in [0, 0.1) is 0 Å². The van der Waals surface area contributed by atoms with Crippen molar-refractivity contribution in [1.29, 1.82) is 0 Å². The zero-order valence-electron chi connectivity index (χ0n) is 12.1. The number of nitrogens with one attached hydrogen (secondary N) is 2. The maximum Gasteiger partial charge on any atom is 0.249 e. The second-order valence-electron chi connectivity index (χ2n) is 6.17. The molecule has 3 amide bonds. The van der Waals surface area contributed by atoms with E-state index in [1.165, 1.54) is 0 Å². The minimum Gasteiger partial charge on any atom is -0.315 e. The number of hydrogen-bond acceptors (Lipinski definition) is 4. The summed E-state index contributed by atoms with van der Waals surface area (Å²) in [5, 5.41) is 5.62. The number of rotatable bonds is 1. The molecule has 0 saturated carbocycles. The smallest absolute Gasteiger partial charge is 0.249 e. The highest BCUT2D eigenvalue weighted by atomic mass is 16.2. The monoisotopic (exact) mass is 299 g/mol. The van der Waals surface area contributed by atoms with Gasteiger partial charge in [-0.2, -0.15) is 0 Å². The van der Waals surface area contributed by atoms with Crippen LogP contribution in [0.2, 0.25) is 0 Å². The maximum atomic E-state index is 13.1. The highest BCUT2D eigenvalue weighted by Crippen LogP contribution is 2.46. The number of carbonyl (C=O) groups is 3. The summed E-state index contributed by atoms with van der Waals surface area (Å²) >= 11 is 0. The number of imide groups is 1. The number of para-hydroxylation sites is 1. The molecule has 0 radical (unpaired) electrons. The summed E-state index contributed by atoms with van der Waals surface area (Å²) < 4.78 is 0. The molecule has 0 bridgehead atoms.